The second kappa shape index (κ2) is 11.6. The molecule has 4 heteroatoms. The Labute approximate surface area is 99.9 Å². The van der Waals surface area contributed by atoms with Gasteiger partial charge in [0.2, 0.25) is 0 Å². The predicted octanol–water partition coefficient (Wildman–Crippen LogP) is -0.300. The van der Waals surface area contributed by atoms with Gasteiger partial charge in [-0.1, -0.05) is 12.2 Å². The van der Waals surface area contributed by atoms with E-state index in [9.17, 15) is 0 Å². The van der Waals surface area contributed by atoms with Crippen molar-refractivity contribution in [1.82, 2.24) is 0 Å². The quantitative estimate of drug-likeness (QED) is 0.517. The van der Waals surface area contributed by atoms with E-state index in [2.05, 4.69) is 24.1 Å². The van der Waals surface area contributed by atoms with Crippen LogP contribution < -0.4 is 0 Å². The first-order valence-electron chi connectivity index (χ1n) is 1.82. The first-order valence-corrected chi connectivity index (χ1v) is 1.82. The number of hydrogen-bond donors (Lipinski definition) is 0. The van der Waals surface area contributed by atoms with Gasteiger partial charge in [-0.25, -0.2) is 0 Å². The largest absolute Gasteiger partial charge is 0.173 e. The van der Waals surface area contributed by atoms with Crippen LogP contribution in [0.15, 0.2) is 24.1 Å². The van der Waals surface area contributed by atoms with Crippen LogP contribution in [0.25, 0.3) is 0 Å². The van der Waals surface area contributed by atoms with E-state index in [0.29, 0.717) is 0 Å². The molecular weight excluding hydrogens is 244 g/mol. The molecule has 0 aromatic heterocycles. The van der Waals surface area contributed by atoms with E-state index in [0.717, 1.165) is 7.28 Å². The van der Waals surface area contributed by atoms with E-state index >= 15 is 0 Å². The standard InChI is InChI=1S/C4H5B.Al.Ga.Y/c1-2-4-5-3-1;;;/h1-5H;;;. The molecular formula is C4H5AlBGaY. The maximum absolute atomic E-state index is 2.12. The fourth-order valence-electron chi connectivity index (χ4n) is 0.393. The zero-order valence-corrected chi connectivity index (χ0v) is 11.2. The van der Waals surface area contributed by atoms with Crippen LogP contribution in [0, 0.1) is 0 Å². The average Bonchev–Trinajstić information content (AvgIpc) is 1.76. The van der Waals surface area contributed by atoms with Crippen molar-refractivity contribution in [3.63, 3.8) is 0 Å². The molecule has 7 radical (unpaired) electrons. The third-order valence-corrected chi connectivity index (χ3v) is 0.655. The van der Waals surface area contributed by atoms with Crippen molar-refractivity contribution < 1.29 is 32.7 Å². The van der Waals surface area contributed by atoms with Gasteiger partial charge in [-0.05, 0) is 0 Å². The van der Waals surface area contributed by atoms with E-state index in [1.165, 1.54) is 0 Å². The second-order valence-electron chi connectivity index (χ2n) is 1.09. The van der Waals surface area contributed by atoms with Gasteiger partial charge in [0.05, 0.1) is 0 Å². The maximum Gasteiger partial charge on any atom is 0.173 e. The molecule has 0 atom stereocenters. The molecule has 1 heterocycles. The smallest absolute Gasteiger partial charge is 0.114 e. The van der Waals surface area contributed by atoms with Crippen LogP contribution in [0.5, 0.6) is 0 Å². The summed E-state index contributed by atoms with van der Waals surface area (Å²) in [7, 11) is 1.14. The Hall–Kier alpha value is 1.82. The summed E-state index contributed by atoms with van der Waals surface area (Å²) in [5, 5.41) is 0. The van der Waals surface area contributed by atoms with Crippen molar-refractivity contribution in [2.75, 3.05) is 0 Å². The molecule has 0 aromatic rings. The fraction of sp³-hybridized carbons (Fsp3) is 0. The molecule has 1 aliphatic rings. The molecule has 0 N–H and O–H groups in total. The molecule has 33 valence electrons. The Morgan fingerprint density at radius 2 is 1.38 bits per heavy atom. The van der Waals surface area contributed by atoms with E-state index in [-0.39, 0.29) is 69.9 Å². The van der Waals surface area contributed by atoms with Crippen LogP contribution in [0.2, 0.25) is 0 Å². The molecule has 0 aromatic carbocycles. The van der Waals surface area contributed by atoms with Crippen LogP contribution in [-0.4, -0.2) is 44.4 Å². The molecule has 0 nitrogen and oxygen atoms in total. The molecule has 1 rings (SSSR count). The number of allylic oxidation sites excluding steroid dienone is 2. The minimum absolute atomic E-state index is 0. The van der Waals surface area contributed by atoms with Gasteiger partial charge >= 0.3 is 0 Å². The summed E-state index contributed by atoms with van der Waals surface area (Å²) in [5.74, 6) is 4.25. The van der Waals surface area contributed by atoms with Crippen molar-refractivity contribution >= 4 is 44.4 Å². The van der Waals surface area contributed by atoms with Crippen molar-refractivity contribution in [2.45, 2.75) is 0 Å². The minimum Gasteiger partial charge on any atom is -0.114 e. The Morgan fingerprint density at radius 3 is 1.50 bits per heavy atom. The van der Waals surface area contributed by atoms with Gasteiger partial charge in [0, 0.05) is 69.9 Å². The number of hydrogen-bond acceptors (Lipinski definition) is 0. The zero-order valence-electron chi connectivity index (χ0n) is 4.75. The summed E-state index contributed by atoms with van der Waals surface area (Å²) < 4.78 is 0. The molecule has 0 aliphatic carbocycles. The van der Waals surface area contributed by atoms with Crippen LogP contribution >= 0.6 is 0 Å². The van der Waals surface area contributed by atoms with E-state index in [1.807, 2.05) is 0 Å². The Bertz CT molecular complexity index is 74.1. The van der Waals surface area contributed by atoms with Gasteiger partial charge in [-0.3, -0.25) is 0 Å². The summed E-state index contributed by atoms with van der Waals surface area (Å²) in [6, 6.07) is 0. The van der Waals surface area contributed by atoms with Gasteiger partial charge in [-0.2, -0.15) is 0 Å². The van der Waals surface area contributed by atoms with Crippen LogP contribution in [0.4, 0.5) is 0 Å². The van der Waals surface area contributed by atoms with Crippen molar-refractivity contribution in [3.8, 4) is 0 Å². The summed E-state index contributed by atoms with van der Waals surface area (Å²) in [4.78, 5) is 0. The van der Waals surface area contributed by atoms with Gasteiger partial charge in [0.1, 0.15) is 0 Å². The second-order valence-corrected chi connectivity index (χ2v) is 1.09. The summed E-state index contributed by atoms with van der Waals surface area (Å²) in [6.07, 6.45) is 4.11. The van der Waals surface area contributed by atoms with E-state index in [4.69, 9.17) is 0 Å². The zero-order chi connectivity index (χ0) is 3.54. The topological polar surface area (TPSA) is 0 Å². The average molecular weight is 250 g/mol. The monoisotopic (exact) mass is 249 g/mol. The molecule has 0 saturated carbocycles. The SMILES string of the molecule is B1C=CC=C1.[Al].[Ga].[Y]. The first-order chi connectivity index (χ1) is 2.50. The first kappa shape index (κ1) is 16.4. The normalized spacial score (nSPS) is 10.0. The van der Waals surface area contributed by atoms with Gasteiger partial charge in [-0.15, -0.1) is 12.0 Å². The Balaban J connectivity index is -0.0000000833. The molecule has 0 spiro atoms. The Kier molecular flexibility index (Phi) is 23.8. The molecule has 0 unspecified atom stereocenters. The Morgan fingerprint density at radius 1 is 1.00 bits per heavy atom. The van der Waals surface area contributed by atoms with E-state index < -0.39 is 0 Å². The molecule has 0 saturated heterocycles. The molecule has 0 amide bonds. The maximum atomic E-state index is 2.12. The van der Waals surface area contributed by atoms with Crippen molar-refractivity contribution in [1.29, 1.82) is 0 Å². The molecule has 8 heavy (non-hydrogen) atoms. The fourth-order valence-corrected chi connectivity index (χ4v) is 0.393. The van der Waals surface area contributed by atoms with Crippen molar-refractivity contribution in [2.24, 2.45) is 0 Å². The van der Waals surface area contributed by atoms with Gasteiger partial charge in [0.25, 0.3) is 0 Å². The van der Waals surface area contributed by atoms with Gasteiger partial charge < -0.3 is 0 Å². The molecule has 0 bridgehead atoms. The minimum atomic E-state index is 0. The summed E-state index contributed by atoms with van der Waals surface area (Å²) in [6.45, 7) is 0. The third-order valence-electron chi connectivity index (χ3n) is 0.655. The summed E-state index contributed by atoms with van der Waals surface area (Å²) >= 11 is 0. The van der Waals surface area contributed by atoms with E-state index in [1.54, 1.807) is 0 Å². The summed E-state index contributed by atoms with van der Waals surface area (Å²) in [5.41, 5.74) is 0. The van der Waals surface area contributed by atoms with Crippen LogP contribution in [0.1, 0.15) is 0 Å². The van der Waals surface area contributed by atoms with Gasteiger partial charge in [0.15, 0.2) is 7.28 Å². The van der Waals surface area contributed by atoms with Crippen LogP contribution in [0.3, 0.4) is 0 Å². The molecule has 0 fully saturated rings. The van der Waals surface area contributed by atoms with Crippen LogP contribution in [-0.2, 0) is 32.7 Å². The number of rotatable bonds is 0. The third kappa shape index (κ3) is 7.82. The molecule has 1 aliphatic heterocycles. The predicted molar refractivity (Wildman–Crippen MR) is 36.9 cm³/mol. The van der Waals surface area contributed by atoms with Crippen molar-refractivity contribution in [3.05, 3.63) is 24.1 Å².